The number of para-hydroxylation sites is 2. The first-order valence-electron chi connectivity index (χ1n) is 19.5. The molecule has 286 valence electrons. The maximum absolute atomic E-state index is 13.0. The van der Waals surface area contributed by atoms with Gasteiger partial charge in [0.2, 0.25) is 0 Å². The molecule has 1 aliphatic rings. The van der Waals surface area contributed by atoms with E-state index >= 15 is 0 Å². The number of ether oxygens (including phenoxy) is 2. The molecule has 1 saturated heterocycles. The molecule has 0 saturated carbocycles. The highest BCUT2D eigenvalue weighted by atomic mass is 16.7. The molecule has 4 unspecified atom stereocenters. The number of benzene rings is 6. The summed E-state index contributed by atoms with van der Waals surface area (Å²) in [5, 5.41) is 12.7. The molecule has 6 aromatic carbocycles. The van der Waals surface area contributed by atoms with E-state index in [9.17, 15) is 9.90 Å². The zero-order valence-corrected chi connectivity index (χ0v) is 31.9. The van der Waals surface area contributed by atoms with Gasteiger partial charge in [-0.15, -0.1) is 0 Å². The van der Waals surface area contributed by atoms with Gasteiger partial charge in [0.25, 0.3) is 5.91 Å². The fraction of sp³-hybridized carbons (Fsp3) is 0.204. The van der Waals surface area contributed by atoms with Gasteiger partial charge in [-0.3, -0.25) is 14.7 Å². The molecule has 0 bridgehead atoms. The maximum Gasteiger partial charge on any atom is 0.271 e. The Morgan fingerprint density at radius 2 is 1.30 bits per heavy atom. The van der Waals surface area contributed by atoms with Crippen LogP contribution in [0.4, 0.5) is 0 Å². The van der Waals surface area contributed by atoms with Crippen LogP contribution >= 0.6 is 0 Å². The predicted octanol–water partition coefficient (Wildman–Crippen LogP) is 9.21. The molecule has 4 atom stereocenters. The SMILES string of the molecule is CC1C(CN(Cc2ccccc2)Cc2ccccc2)OC(c2ccc(-c3cccc(CNC(=O)c4cnc5ccccc5n4)c3)cc2)OC1c1ccc(CO)cc1. The molecule has 57 heavy (non-hydrogen) atoms. The van der Waals surface area contributed by atoms with Crippen LogP contribution in [0.1, 0.15) is 63.2 Å². The second-order valence-corrected chi connectivity index (χ2v) is 14.7. The molecule has 1 aliphatic heterocycles. The molecule has 0 radical (unpaired) electrons. The summed E-state index contributed by atoms with van der Waals surface area (Å²) in [6.07, 6.45) is 0.575. The van der Waals surface area contributed by atoms with Crippen LogP contribution in [-0.4, -0.2) is 38.5 Å². The first-order chi connectivity index (χ1) is 28.0. The van der Waals surface area contributed by atoms with Gasteiger partial charge < -0.3 is 19.9 Å². The molecule has 7 aromatic rings. The van der Waals surface area contributed by atoms with E-state index in [4.69, 9.17) is 9.47 Å². The number of nitrogens with one attached hydrogen (secondary N) is 1. The number of aliphatic hydroxyl groups excluding tert-OH is 1. The first kappa shape index (κ1) is 37.9. The summed E-state index contributed by atoms with van der Waals surface area (Å²) < 4.78 is 13.7. The van der Waals surface area contributed by atoms with Crippen LogP contribution < -0.4 is 5.32 Å². The number of carbonyl (C=O) groups excluding carboxylic acids is 1. The highest BCUT2D eigenvalue weighted by Crippen LogP contribution is 2.42. The molecule has 1 fully saturated rings. The van der Waals surface area contributed by atoms with Gasteiger partial charge >= 0.3 is 0 Å². The van der Waals surface area contributed by atoms with Gasteiger partial charge in [0, 0.05) is 37.7 Å². The largest absolute Gasteiger partial charge is 0.392 e. The number of amides is 1. The number of aliphatic hydroxyl groups is 1. The minimum absolute atomic E-state index is 0.00589. The minimum Gasteiger partial charge on any atom is -0.392 e. The van der Waals surface area contributed by atoms with Gasteiger partial charge in [-0.05, 0) is 57.1 Å². The molecule has 0 aliphatic carbocycles. The van der Waals surface area contributed by atoms with Crippen molar-refractivity contribution in [1.29, 1.82) is 0 Å². The van der Waals surface area contributed by atoms with Gasteiger partial charge in [0.1, 0.15) is 5.69 Å². The number of nitrogens with zero attached hydrogens (tertiary/aromatic N) is 3. The van der Waals surface area contributed by atoms with Gasteiger partial charge in [0.15, 0.2) is 6.29 Å². The van der Waals surface area contributed by atoms with Crippen molar-refractivity contribution in [1.82, 2.24) is 20.2 Å². The average molecular weight is 755 g/mol. The normalized spacial score (nSPS) is 18.1. The van der Waals surface area contributed by atoms with Gasteiger partial charge in [0.05, 0.1) is 36.0 Å². The molecular formula is C49H46N4O4. The standard InChI is InChI=1S/C49H46N4O4/c1-34-46(32-53(30-35-11-4-2-5-12-35)31-36-13-6-3-7-14-36)56-49(57-47(34)40-21-19-37(33-54)20-22-40)41-25-23-39(24-26-41)42-16-10-15-38(27-42)28-51-48(55)45-29-50-43-17-8-9-18-44(43)52-45/h2-27,29,34,46-47,49,54H,28,30-33H2,1H3,(H,51,55). The van der Waals surface area contributed by atoms with Crippen molar-refractivity contribution in [2.75, 3.05) is 6.54 Å². The topological polar surface area (TPSA) is 96.8 Å². The fourth-order valence-electron chi connectivity index (χ4n) is 7.48. The second kappa shape index (κ2) is 17.8. The van der Waals surface area contributed by atoms with E-state index in [0.717, 1.165) is 52.0 Å². The molecule has 8 nitrogen and oxygen atoms in total. The first-order valence-corrected chi connectivity index (χ1v) is 19.5. The fourth-order valence-corrected chi connectivity index (χ4v) is 7.48. The number of fused-ring (bicyclic) bond motifs is 1. The number of hydrogen-bond acceptors (Lipinski definition) is 7. The Hall–Kier alpha value is -6.03. The summed E-state index contributed by atoms with van der Waals surface area (Å²) >= 11 is 0. The van der Waals surface area contributed by atoms with Crippen LogP contribution in [0.15, 0.2) is 164 Å². The van der Waals surface area contributed by atoms with Crippen LogP contribution in [0.5, 0.6) is 0 Å². The number of rotatable bonds is 13. The number of carbonyl (C=O) groups is 1. The predicted molar refractivity (Wildman–Crippen MR) is 223 cm³/mol. The smallest absolute Gasteiger partial charge is 0.271 e. The quantitative estimate of drug-likeness (QED) is 0.121. The van der Waals surface area contributed by atoms with Crippen LogP contribution in [0.2, 0.25) is 0 Å². The Morgan fingerprint density at radius 3 is 1.98 bits per heavy atom. The molecule has 8 heteroatoms. The third-order valence-electron chi connectivity index (χ3n) is 10.6. The molecule has 2 N–H and O–H groups in total. The Balaban J connectivity index is 1.00. The summed E-state index contributed by atoms with van der Waals surface area (Å²) in [4.78, 5) is 24.3. The lowest BCUT2D eigenvalue weighted by Gasteiger charge is -2.43. The Morgan fingerprint density at radius 1 is 0.667 bits per heavy atom. The Labute approximate surface area is 333 Å². The second-order valence-electron chi connectivity index (χ2n) is 14.7. The third kappa shape index (κ3) is 9.34. The van der Waals surface area contributed by atoms with E-state index in [0.29, 0.717) is 18.6 Å². The van der Waals surface area contributed by atoms with Crippen LogP contribution in [0, 0.1) is 5.92 Å². The van der Waals surface area contributed by atoms with Gasteiger partial charge in [-0.1, -0.05) is 146 Å². The van der Waals surface area contributed by atoms with Crippen molar-refractivity contribution < 1.29 is 19.4 Å². The summed E-state index contributed by atoms with van der Waals surface area (Å²) in [5.41, 5.74) is 10.1. The lowest BCUT2D eigenvalue weighted by atomic mass is 9.89. The molecule has 8 rings (SSSR count). The summed E-state index contributed by atoms with van der Waals surface area (Å²) in [5.74, 6) is -0.222. The lowest BCUT2D eigenvalue weighted by Crippen LogP contribution is -2.44. The van der Waals surface area contributed by atoms with Crippen molar-refractivity contribution >= 4 is 16.9 Å². The molecule has 1 aromatic heterocycles. The van der Waals surface area contributed by atoms with Crippen molar-refractivity contribution in [3.63, 3.8) is 0 Å². The minimum atomic E-state index is -0.585. The summed E-state index contributed by atoms with van der Waals surface area (Å²) in [6.45, 7) is 4.85. The Kier molecular flexibility index (Phi) is 11.8. The molecular weight excluding hydrogens is 709 g/mol. The van der Waals surface area contributed by atoms with Crippen molar-refractivity contribution in [3.8, 4) is 11.1 Å². The highest BCUT2D eigenvalue weighted by molar-refractivity contribution is 5.93. The summed E-state index contributed by atoms with van der Waals surface area (Å²) in [6, 6.07) is 53.3. The highest BCUT2D eigenvalue weighted by Gasteiger charge is 2.39. The van der Waals surface area contributed by atoms with Gasteiger partial charge in [-0.2, -0.15) is 0 Å². The van der Waals surface area contributed by atoms with Crippen LogP contribution in [0.3, 0.4) is 0 Å². The Bertz CT molecular complexity index is 2350. The van der Waals surface area contributed by atoms with E-state index in [1.165, 1.54) is 17.3 Å². The average Bonchev–Trinajstić information content (AvgIpc) is 3.27. The molecule has 2 heterocycles. The third-order valence-corrected chi connectivity index (χ3v) is 10.6. The monoisotopic (exact) mass is 754 g/mol. The van der Waals surface area contributed by atoms with Crippen molar-refractivity contribution in [3.05, 3.63) is 203 Å². The van der Waals surface area contributed by atoms with E-state index < -0.39 is 6.29 Å². The zero-order chi connectivity index (χ0) is 39.0. The van der Waals surface area contributed by atoms with Crippen LogP contribution in [-0.2, 0) is 35.7 Å². The van der Waals surface area contributed by atoms with Crippen molar-refractivity contribution in [2.24, 2.45) is 5.92 Å². The number of aromatic nitrogens is 2. The van der Waals surface area contributed by atoms with Gasteiger partial charge in [-0.25, -0.2) is 4.98 Å². The molecule has 1 amide bonds. The maximum atomic E-state index is 13.0. The lowest BCUT2D eigenvalue weighted by molar-refractivity contribution is -0.276. The zero-order valence-electron chi connectivity index (χ0n) is 31.9. The van der Waals surface area contributed by atoms with E-state index in [1.807, 2.05) is 48.5 Å². The molecule has 0 spiro atoms. The summed E-state index contributed by atoms with van der Waals surface area (Å²) in [7, 11) is 0. The van der Waals surface area contributed by atoms with E-state index in [1.54, 1.807) is 0 Å². The van der Waals surface area contributed by atoms with E-state index in [-0.39, 0.29) is 36.3 Å². The van der Waals surface area contributed by atoms with E-state index in [2.05, 4.69) is 136 Å². The number of hydrogen-bond donors (Lipinski definition) is 2. The van der Waals surface area contributed by atoms with Crippen molar-refractivity contribution in [2.45, 2.75) is 51.7 Å². The van der Waals surface area contributed by atoms with Crippen LogP contribution in [0.25, 0.3) is 22.2 Å².